The number of halogens is 1. The third kappa shape index (κ3) is 2.18. The third-order valence-electron chi connectivity index (χ3n) is 3.94. The summed E-state index contributed by atoms with van der Waals surface area (Å²) in [5.74, 6) is 0.643. The van der Waals surface area contributed by atoms with E-state index in [-0.39, 0.29) is 5.82 Å². The number of nitrogens with two attached hydrogens (primary N) is 1. The van der Waals surface area contributed by atoms with Gasteiger partial charge >= 0.3 is 0 Å². The van der Waals surface area contributed by atoms with Crippen LogP contribution in [-0.2, 0) is 12.0 Å². The number of hydrogen-bond donors (Lipinski definition) is 1. The van der Waals surface area contributed by atoms with Crippen molar-refractivity contribution in [1.29, 1.82) is 0 Å². The highest BCUT2D eigenvalue weighted by molar-refractivity contribution is 5.50. The Hall–Kier alpha value is -1.87. The number of ether oxygens (including phenoxy) is 1. The second-order valence-electron chi connectivity index (χ2n) is 5.46. The molecule has 20 heavy (non-hydrogen) atoms. The van der Waals surface area contributed by atoms with E-state index in [1.165, 1.54) is 17.7 Å². The Morgan fingerprint density at radius 2 is 1.90 bits per heavy atom. The molecule has 0 bridgehead atoms. The van der Waals surface area contributed by atoms with Crippen LogP contribution in [0, 0.1) is 5.82 Å². The van der Waals surface area contributed by atoms with E-state index in [0.29, 0.717) is 0 Å². The molecule has 2 nitrogen and oxygen atoms in total. The van der Waals surface area contributed by atoms with Crippen molar-refractivity contribution in [2.24, 2.45) is 5.73 Å². The molecular weight excluding hydrogens is 253 g/mol. The summed E-state index contributed by atoms with van der Waals surface area (Å²) in [5, 5.41) is 0. The van der Waals surface area contributed by atoms with Crippen LogP contribution < -0.4 is 10.5 Å². The van der Waals surface area contributed by atoms with Crippen LogP contribution in [0.2, 0.25) is 0 Å². The van der Waals surface area contributed by atoms with Crippen molar-refractivity contribution in [2.45, 2.75) is 25.3 Å². The van der Waals surface area contributed by atoms with E-state index in [4.69, 9.17) is 10.5 Å². The van der Waals surface area contributed by atoms with E-state index < -0.39 is 5.54 Å². The van der Waals surface area contributed by atoms with Gasteiger partial charge in [0.05, 0.1) is 12.1 Å². The van der Waals surface area contributed by atoms with Gasteiger partial charge in [-0.05, 0) is 43.0 Å². The van der Waals surface area contributed by atoms with E-state index in [1.807, 2.05) is 19.1 Å². The highest BCUT2D eigenvalue weighted by atomic mass is 19.1. The Labute approximate surface area is 118 Å². The molecule has 0 radical (unpaired) electrons. The molecule has 1 aliphatic rings. The van der Waals surface area contributed by atoms with Gasteiger partial charge in [-0.15, -0.1) is 0 Å². The predicted octanol–water partition coefficient (Wildman–Crippen LogP) is 3.37. The number of para-hydroxylation sites is 1. The molecular formula is C17H18FNO. The van der Waals surface area contributed by atoms with Crippen molar-refractivity contribution in [3.63, 3.8) is 0 Å². The fourth-order valence-electron chi connectivity index (χ4n) is 2.75. The van der Waals surface area contributed by atoms with E-state index in [2.05, 4.69) is 6.07 Å². The summed E-state index contributed by atoms with van der Waals surface area (Å²) >= 11 is 0. The predicted molar refractivity (Wildman–Crippen MR) is 77.3 cm³/mol. The lowest BCUT2D eigenvalue weighted by Crippen LogP contribution is -2.35. The van der Waals surface area contributed by atoms with E-state index >= 15 is 0 Å². The first kappa shape index (κ1) is 13.1. The van der Waals surface area contributed by atoms with Crippen LogP contribution in [0.25, 0.3) is 0 Å². The molecule has 0 aliphatic carbocycles. The SMILES string of the molecule is CC(N)(c1ccc(F)cc1)c1cccc2c1OCCC2. The lowest BCUT2D eigenvalue weighted by atomic mass is 9.83. The van der Waals surface area contributed by atoms with Crippen LogP contribution in [0.15, 0.2) is 42.5 Å². The van der Waals surface area contributed by atoms with E-state index in [1.54, 1.807) is 12.1 Å². The van der Waals surface area contributed by atoms with Crippen molar-refractivity contribution in [1.82, 2.24) is 0 Å². The zero-order valence-corrected chi connectivity index (χ0v) is 11.5. The fraction of sp³-hybridized carbons (Fsp3) is 0.294. The Morgan fingerprint density at radius 3 is 2.65 bits per heavy atom. The molecule has 1 heterocycles. The monoisotopic (exact) mass is 271 g/mol. The minimum absolute atomic E-state index is 0.254. The average molecular weight is 271 g/mol. The number of hydrogen-bond acceptors (Lipinski definition) is 2. The molecule has 0 aromatic heterocycles. The number of rotatable bonds is 2. The summed E-state index contributed by atoms with van der Waals surface area (Å²) in [4.78, 5) is 0. The Morgan fingerprint density at radius 1 is 1.15 bits per heavy atom. The van der Waals surface area contributed by atoms with Gasteiger partial charge in [-0.2, -0.15) is 0 Å². The van der Waals surface area contributed by atoms with Crippen molar-refractivity contribution >= 4 is 0 Å². The first-order chi connectivity index (χ1) is 9.59. The first-order valence-corrected chi connectivity index (χ1v) is 6.89. The molecule has 3 rings (SSSR count). The minimum Gasteiger partial charge on any atom is -0.493 e. The van der Waals surface area contributed by atoms with Gasteiger partial charge in [-0.3, -0.25) is 0 Å². The largest absolute Gasteiger partial charge is 0.493 e. The highest BCUT2D eigenvalue weighted by Gasteiger charge is 2.29. The molecule has 2 aromatic carbocycles. The van der Waals surface area contributed by atoms with Gasteiger partial charge < -0.3 is 10.5 Å². The number of aryl methyl sites for hydroxylation is 1. The summed E-state index contributed by atoms with van der Waals surface area (Å²) in [7, 11) is 0. The third-order valence-corrected chi connectivity index (χ3v) is 3.94. The van der Waals surface area contributed by atoms with Gasteiger partial charge in [0, 0.05) is 5.56 Å². The van der Waals surface area contributed by atoms with Gasteiger partial charge in [0.1, 0.15) is 11.6 Å². The smallest absolute Gasteiger partial charge is 0.127 e. The summed E-state index contributed by atoms with van der Waals surface area (Å²) in [6.45, 7) is 2.66. The van der Waals surface area contributed by atoms with Gasteiger partial charge in [0.25, 0.3) is 0 Å². The van der Waals surface area contributed by atoms with Crippen molar-refractivity contribution in [3.05, 3.63) is 65.0 Å². The van der Waals surface area contributed by atoms with Crippen LogP contribution in [0.5, 0.6) is 5.75 Å². The standard InChI is InChI=1S/C17H18FNO/c1-17(19,13-7-9-14(18)10-8-13)15-6-2-4-12-5-3-11-20-16(12)15/h2,4,6-10H,3,5,11,19H2,1H3. The van der Waals surface area contributed by atoms with Gasteiger partial charge in [0.15, 0.2) is 0 Å². The maximum absolute atomic E-state index is 13.1. The zero-order valence-electron chi connectivity index (χ0n) is 11.5. The molecule has 1 unspecified atom stereocenters. The van der Waals surface area contributed by atoms with Gasteiger partial charge in [-0.1, -0.05) is 30.3 Å². The lowest BCUT2D eigenvalue weighted by molar-refractivity contribution is 0.280. The van der Waals surface area contributed by atoms with Crippen LogP contribution in [0.4, 0.5) is 4.39 Å². The zero-order chi connectivity index (χ0) is 14.2. The number of fused-ring (bicyclic) bond motifs is 1. The van der Waals surface area contributed by atoms with Crippen molar-refractivity contribution in [2.75, 3.05) is 6.61 Å². The molecule has 0 saturated carbocycles. The molecule has 0 fully saturated rings. The lowest BCUT2D eigenvalue weighted by Gasteiger charge is -2.30. The van der Waals surface area contributed by atoms with E-state index in [0.717, 1.165) is 36.3 Å². The molecule has 1 aliphatic heterocycles. The molecule has 104 valence electrons. The summed E-state index contributed by atoms with van der Waals surface area (Å²) in [6, 6.07) is 12.4. The van der Waals surface area contributed by atoms with Crippen LogP contribution in [0.1, 0.15) is 30.0 Å². The summed E-state index contributed by atoms with van der Waals surface area (Å²) in [6.07, 6.45) is 2.05. The van der Waals surface area contributed by atoms with Crippen LogP contribution in [0.3, 0.4) is 0 Å². The Balaban J connectivity index is 2.09. The molecule has 1 atom stereocenters. The van der Waals surface area contributed by atoms with Crippen LogP contribution >= 0.6 is 0 Å². The second-order valence-corrected chi connectivity index (χ2v) is 5.46. The van der Waals surface area contributed by atoms with Gasteiger partial charge in [-0.25, -0.2) is 4.39 Å². The highest BCUT2D eigenvalue weighted by Crippen LogP contribution is 2.37. The van der Waals surface area contributed by atoms with Crippen molar-refractivity contribution in [3.8, 4) is 5.75 Å². The Bertz CT molecular complexity index is 619. The first-order valence-electron chi connectivity index (χ1n) is 6.89. The molecule has 0 spiro atoms. The topological polar surface area (TPSA) is 35.2 Å². The quantitative estimate of drug-likeness (QED) is 0.909. The van der Waals surface area contributed by atoms with E-state index in [9.17, 15) is 4.39 Å². The molecule has 0 saturated heterocycles. The molecule has 2 aromatic rings. The summed E-state index contributed by atoms with van der Waals surface area (Å²) in [5.41, 5.74) is 8.87. The van der Waals surface area contributed by atoms with Crippen LogP contribution in [-0.4, -0.2) is 6.61 Å². The molecule has 3 heteroatoms. The molecule has 2 N–H and O–H groups in total. The normalized spacial score (nSPS) is 16.9. The molecule has 0 amide bonds. The second kappa shape index (κ2) is 4.91. The fourth-order valence-corrected chi connectivity index (χ4v) is 2.75. The maximum Gasteiger partial charge on any atom is 0.127 e. The minimum atomic E-state index is -0.698. The number of benzene rings is 2. The Kier molecular flexibility index (Phi) is 3.22. The average Bonchev–Trinajstić information content (AvgIpc) is 2.47. The maximum atomic E-state index is 13.1. The summed E-state index contributed by atoms with van der Waals surface area (Å²) < 4.78 is 18.9. The van der Waals surface area contributed by atoms with Crippen molar-refractivity contribution < 1.29 is 9.13 Å². The van der Waals surface area contributed by atoms with Gasteiger partial charge in [0.2, 0.25) is 0 Å².